The predicted octanol–water partition coefficient (Wildman–Crippen LogP) is 1.02. The Kier molecular flexibility index (Phi) is 9.31. The molecule has 8 heteroatoms. The van der Waals surface area contributed by atoms with Crippen molar-refractivity contribution in [2.24, 2.45) is 4.99 Å². The van der Waals surface area contributed by atoms with Crippen molar-refractivity contribution in [2.75, 3.05) is 26.7 Å². The normalized spacial score (nSPS) is 18.3. The summed E-state index contributed by atoms with van der Waals surface area (Å²) < 4.78 is 7.56. The molecule has 1 aromatic rings. The number of hydrogen-bond acceptors (Lipinski definition) is 4. The van der Waals surface area contributed by atoms with Crippen molar-refractivity contribution < 1.29 is 4.74 Å². The maximum atomic E-state index is 5.57. The lowest BCUT2D eigenvalue weighted by molar-refractivity contribution is 0.114. The molecule has 21 heavy (non-hydrogen) atoms. The monoisotopic (exact) mass is 408 g/mol. The third-order valence-corrected chi connectivity index (χ3v) is 3.35. The van der Waals surface area contributed by atoms with Crippen LogP contribution in [0.3, 0.4) is 0 Å². The van der Waals surface area contributed by atoms with Crippen LogP contribution in [0.2, 0.25) is 0 Å². The van der Waals surface area contributed by atoms with Gasteiger partial charge in [0.25, 0.3) is 0 Å². The van der Waals surface area contributed by atoms with Crippen LogP contribution in [0.15, 0.2) is 17.6 Å². The van der Waals surface area contributed by atoms with Gasteiger partial charge in [-0.3, -0.25) is 4.99 Å². The Bertz CT molecular complexity index is 391. The molecule has 1 aliphatic heterocycles. The highest BCUT2D eigenvalue weighted by molar-refractivity contribution is 14.0. The average Bonchev–Trinajstić information content (AvgIpc) is 3.14. The fourth-order valence-electron chi connectivity index (χ4n) is 2.20. The first-order valence-electron chi connectivity index (χ1n) is 7.27. The number of aromatic nitrogens is 3. The van der Waals surface area contributed by atoms with Gasteiger partial charge in [0, 0.05) is 33.3 Å². The first-order chi connectivity index (χ1) is 9.88. The molecule has 2 heterocycles. The molecule has 1 saturated heterocycles. The molecule has 1 aliphatic rings. The summed E-state index contributed by atoms with van der Waals surface area (Å²) >= 11 is 0. The molecular weight excluding hydrogens is 383 g/mol. The van der Waals surface area contributed by atoms with E-state index in [9.17, 15) is 0 Å². The molecule has 120 valence electrons. The van der Waals surface area contributed by atoms with Crippen molar-refractivity contribution in [1.29, 1.82) is 0 Å². The van der Waals surface area contributed by atoms with Crippen LogP contribution in [0.1, 0.15) is 25.7 Å². The van der Waals surface area contributed by atoms with Crippen LogP contribution in [0.5, 0.6) is 0 Å². The van der Waals surface area contributed by atoms with Crippen LogP contribution >= 0.6 is 24.0 Å². The molecule has 0 saturated carbocycles. The molecule has 2 rings (SSSR count). The second-order valence-corrected chi connectivity index (χ2v) is 4.92. The number of hydrogen-bond donors (Lipinski definition) is 2. The molecule has 0 bridgehead atoms. The van der Waals surface area contributed by atoms with E-state index in [0.717, 1.165) is 51.5 Å². The smallest absolute Gasteiger partial charge is 0.191 e. The SMILES string of the molecule is CN=C(NCCCCn1cnnc1)NCC1CCCO1.I. The summed E-state index contributed by atoms with van der Waals surface area (Å²) in [5.41, 5.74) is 0. The molecule has 1 aromatic heterocycles. The van der Waals surface area contributed by atoms with E-state index in [-0.39, 0.29) is 24.0 Å². The minimum Gasteiger partial charge on any atom is -0.376 e. The van der Waals surface area contributed by atoms with Crippen LogP contribution in [0.25, 0.3) is 0 Å². The molecule has 0 aliphatic carbocycles. The summed E-state index contributed by atoms with van der Waals surface area (Å²) in [7, 11) is 1.79. The van der Waals surface area contributed by atoms with Crippen molar-refractivity contribution in [3.05, 3.63) is 12.7 Å². The van der Waals surface area contributed by atoms with E-state index in [1.54, 1.807) is 19.7 Å². The zero-order chi connectivity index (χ0) is 14.0. The van der Waals surface area contributed by atoms with Crippen LogP contribution in [-0.4, -0.2) is 53.6 Å². The van der Waals surface area contributed by atoms with Gasteiger partial charge in [-0.15, -0.1) is 34.2 Å². The first-order valence-corrected chi connectivity index (χ1v) is 7.27. The fourth-order valence-corrected chi connectivity index (χ4v) is 2.20. The van der Waals surface area contributed by atoms with Gasteiger partial charge in [0.2, 0.25) is 0 Å². The first kappa shape index (κ1) is 18.1. The second kappa shape index (κ2) is 10.8. The number of ether oxygens (including phenoxy) is 1. The third-order valence-electron chi connectivity index (χ3n) is 3.35. The second-order valence-electron chi connectivity index (χ2n) is 4.92. The summed E-state index contributed by atoms with van der Waals surface area (Å²) in [5.74, 6) is 0.852. The lowest BCUT2D eigenvalue weighted by Crippen LogP contribution is -2.41. The van der Waals surface area contributed by atoms with Crippen LogP contribution in [-0.2, 0) is 11.3 Å². The van der Waals surface area contributed by atoms with Gasteiger partial charge in [0.05, 0.1) is 6.10 Å². The molecule has 1 fully saturated rings. The van der Waals surface area contributed by atoms with Gasteiger partial charge in [-0.1, -0.05) is 0 Å². The maximum absolute atomic E-state index is 5.57. The molecule has 0 spiro atoms. The zero-order valence-corrected chi connectivity index (χ0v) is 14.8. The molecule has 0 amide bonds. The number of guanidine groups is 1. The van der Waals surface area contributed by atoms with Gasteiger partial charge in [0.1, 0.15) is 12.7 Å². The fraction of sp³-hybridized carbons (Fsp3) is 0.769. The standard InChI is InChI=1S/C13H24N6O.HI/c1-14-13(16-9-12-5-4-8-20-12)15-6-2-3-7-19-10-17-18-11-19;/h10-12H,2-9H2,1H3,(H2,14,15,16);1H. The lowest BCUT2D eigenvalue weighted by atomic mass is 10.2. The van der Waals surface area contributed by atoms with Crippen molar-refractivity contribution in [3.8, 4) is 0 Å². The third kappa shape index (κ3) is 7.07. The maximum Gasteiger partial charge on any atom is 0.191 e. The minimum absolute atomic E-state index is 0. The van der Waals surface area contributed by atoms with E-state index in [0.29, 0.717) is 6.10 Å². The molecule has 1 unspecified atom stereocenters. The predicted molar refractivity (Wildman–Crippen MR) is 93.0 cm³/mol. The van der Waals surface area contributed by atoms with Gasteiger partial charge >= 0.3 is 0 Å². The van der Waals surface area contributed by atoms with Crippen molar-refractivity contribution >= 4 is 29.9 Å². The number of rotatable bonds is 7. The quantitative estimate of drug-likeness (QED) is 0.305. The molecule has 0 radical (unpaired) electrons. The van der Waals surface area contributed by atoms with Gasteiger partial charge < -0.3 is 19.9 Å². The van der Waals surface area contributed by atoms with E-state index in [4.69, 9.17) is 4.74 Å². The Morgan fingerprint density at radius 3 is 2.81 bits per heavy atom. The number of unbranched alkanes of at least 4 members (excludes halogenated alkanes) is 1. The number of nitrogens with one attached hydrogen (secondary N) is 2. The Morgan fingerprint density at radius 1 is 1.33 bits per heavy atom. The molecule has 2 N–H and O–H groups in total. The van der Waals surface area contributed by atoms with E-state index in [2.05, 4.69) is 25.8 Å². The van der Waals surface area contributed by atoms with E-state index in [1.165, 1.54) is 6.42 Å². The molecule has 7 nitrogen and oxygen atoms in total. The summed E-state index contributed by atoms with van der Waals surface area (Å²) in [6, 6.07) is 0. The summed E-state index contributed by atoms with van der Waals surface area (Å²) in [4.78, 5) is 4.21. The highest BCUT2D eigenvalue weighted by Gasteiger charge is 2.15. The van der Waals surface area contributed by atoms with Crippen molar-refractivity contribution in [1.82, 2.24) is 25.4 Å². The number of halogens is 1. The Balaban J connectivity index is 0.00000220. The molecule has 0 aromatic carbocycles. The topological polar surface area (TPSA) is 76.4 Å². The highest BCUT2D eigenvalue weighted by atomic mass is 127. The van der Waals surface area contributed by atoms with Crippen LogP contribution < -0.4 is 10.6 Å². The van der Waals surface area contributed by atoms with Gasteiger partial charge in [0.15, 0.2) is 5.96 Å². The van der Waals surface area contributed by atoms with E-state index < -0.39 is 0 Å². The Hall–Kier alpha value is -0.900. The molecular formula is C13H25IN6O. The Morgan fingerprint density at radius 2 is 2.14 bits per heavy atom. The van der Waals surface area contributed by atoms with Gasteiger partial charge in [-0.2, -0.15) is 0 Å². The number of aliphatic imine (C=N–C) groups is 1. The van der Waals surface area contributed by atoms with Crippen LogP contribution in [0.4, 0.5) is 0 Å². The van der Waals surface area contributed by atoms with E-state index >= 15 is 0 Å². The summed E-state index contributed by atoms with van der Waals surface area (Å²) in [6.45, 7) is 3.59. The average molecular weight is 408 g/mol. The van der Waals surface area contributed by atoms with Crippen molar-refractivity contribution in [3.63, 3.8) is 0 Å². The van der Waals surface area contributed by atoms with Crippen molar-refractivity contribution in [2.45, 2.75) is 38.3 Å². The lowest BCUT2D eigenvalue weighted by Gasteiger charge is -2.15. The van der Waals surface area contributed by atoms with Gasteiger partial charge in [-0.25, -0.2) is 0 Å². The van der Waals surface area contributed by atoms with Gasteiger partial charge in [-0.05, 0) is 25.7 Å². The Labute approximate surface area is 143 Å². The highest BCUT2D eigenvalue weighted by Crippen LogP contribution is 2.10. The number of aryl methyl sites for hydroxylation is 1. The zero-order valence-electron chi connectivity index (χ0n) is 12.5. The largest absolute Gasteiger partial charge is 0.376 e. The summed E-state index contributed by atoms with van der Waals surface area (Å²) in [5, 5.41) is 14.2. The summed E-state index contributed by atoms with van der Waals surface area (Å²) in [6.07, 6.45) is 8.31. The number of nitrogens with zero attached hydrogens (tertiary/aromatic N) is 4. The van der Waals surface area contributed by atoms with Crippen LogP contribution in [0, 0.1) is 0 Å². The minimum atomic E-state index is 0. The molecule has 1 atom stereocenters. The van der Waals surface area contributed by atoms with E-state index in [1.807, 2.05) is 4.57 Å².